The molecule has 10 heteroatoms. The van der Waals surface area contributed by atoms with Crippen molar-refractivity contribution in [2.75, 3.05) is 7.11 Å². The molecular weight excluding hydrogens is 358 g/mol. The van der Waals surface area contributed by atoms with Gasteiger partial charge in [-0.25, -0.2) is 13.1 Å². The Kier molecular flexibility index (Phi) is 5.90. The fraction of sp³-hybridized carbons (Fsp3) is 0.312. The first kappa shape index (κ1) is 19.8. The van der Waals surface area contributed by atoms with Crippen molar-refractivity contribution in [2.45, 2.75) is 6.92 Å². The lowest BCUT2D eigenvalue weighted by molar-refractivity contribution is -0.740. The first-order valence-electron chi connectivity index (χ1n) is 7.64. The number of hydrogen-bond donors (Lipinski definition) is 0. The molecule has 0 bridgehead atoms. The predicted molar refractivity (Wildman–Crippen MR) is 95.1 cm³/mol. The van der Waals surface area contributed by atoms with Gasteiger partial charge >= 0.3 is 5.82 Å². The largest absolute Gasteiger partial charge is 0.726 e. The van der Waals surface area contributed by atoms with Crippen molar-refractivity contribution in [3.05, 3.63) is 42.2 Å². The summed E-state index contributed by atoms with van der Waals surface area (Å²) in [4.78, 5) is 0. The number of aryl methyl sites for hydroxylation is 2. The van der Waals surface area contributed by atoms with Gasteiger partial charge in [0.15, 0.2) is 0 Å². The number of para-hydroxylation sites is 1. The number of fused-ring (bicyclic) bond motifs is 1. The molecule has 3 aromatic rings. The monoisotopic (exact) mass is 379 g/mol. The lowest BCUT2D eigenvalue weighted by atomic mass is 10.2. The van der Waals surface area contributed by atoms with E-state index in [1.807, 2.05) is 54.9 Å². The molecule has 0 saturated carbocycles. The zero-order chi connectivity index (χ0) is 19.5. The summed E-state index contributed by atoms with van der Waals surface area (Å²) in [7, 11) is 2.40. The number of hydrogen-bond acceptors (Lipinski definition) is 6. The summed E-state index contributed by atoms with van der Waals surface area (Å²) in [5, 5.41) is 9.91. The maximum atomic E-state index is 9.22. The van der Waals surface area contributed by atoms with Gasteiger partial charge in [0.2, 0.25) is 10.4 Å². The minimum Gasteiger partial charge on any atom is -0.726 e. The lowest BCUT2D eigenvalue weighted by Crippen LogP contribution is -2.37. The van der Waals surface area contributed by atoms with Gasteiger partial charge in [-0.2, -0.15) is 4.68 Å². The summed E-state index contributed by atoms with van der Waals surface area (Å²) in [6, 6.07) is 10.2. The molecule has 9 nitrogen and oxygen atoms in total. The molecule has 2 aromatic heterocycles. The van der Waals surface area contributed by atoms with E-state index < -0.39 is 10.4 Å². The second-order valence-corrected chi connectivity index (χ2v) is 6.76. The molecule has 2 heterocycles. The highest BCUT2D eigenvalue weighted by atomic mass is 32.3. The number of nitrogens with zero attached hydrogens (tertiary/aromatic N) is 5. The van der Waals surface area contributed by atoms with Crippen LogP contribution in [-0.4, -0.2) is 29.3 Å². The second-order valence-electron chi connectivity index (χ2n) is 5.61. The van der Waals surface area contributed by atoms with Crippen LogP contribution in [0.4, 0.5) is 11.5 Å². The van der Waals surface area contributed by atoms with Crippen molar-refractivity contribution in [1.29, 1.82) is 0 Å². The minimum atomic E-state index is -4.41. The predicted octanol–water partition coefficient (Wildman–Crippen LogP) is 2.16. The van der Waals surface area contributed by atoms with Crippen LogP contribution in [0.2, 0.25) is 0 Å². The van der Waals surface area contributed by atoms with Crippen LogP contribution >= 0.6 is 0 Å². The zero-order valence-electron chi connectivity index (χ0n) is 15.2. The van der Waals surface area contributed by atoms with E-state index in [1.165, 1.54) is 0 Å². The third-order valence-electron chi connectivity index (χ3n) is 3.97. The van der Waals surface area contributed by atoms with Crippen molar-refractivity contribution >= 4 is 32.8 Å². The molecule has 0 aliphatic rings. The molecule has 0 unspecified atom stereocenters. The van der Waals surface area contributed by atoms with Crippen molar-refractivity contribution in [3.63, 3.8) is 0 Å². The van der Waals surface area contributed by atoms with Crippen LogP contribution in [0.25, 0.3) is 10.9 Å². The summed E-state index contributed by atoms with van der Waals surface area (Å²) in [5.41, 5.74) is 3.21. The fourth-order valence-corrected chi connectivity index (χ4v) is 2.36. The Bertz CT molecular complexity index is 1050. The average molecular weight is 379 g/mol. The molecule has 26 heavy (non-hydrogen) atoms. The summed E-state index contributed by atoms with van der Waals surface area (Å²) in [5.74, 6) is 0.845. The highest BCUT2D eigenvalue weighted by molar-refractivity contribution is 7.80. The van der Waals surface area contributed by atoms with E-state index in [0.717, 1.165) is 35.2 Å². The summed E-state index contributed by atoms with van der Waals surface area (Å²) >= 11 is 0. The topological polar surface area (TPSA) is 105 Å². The molecule has 0 fully saturated rings. The van der Waals surface area contributed by atoms with Gasteiger partial charge in [-0.3, -0.25) is 4.18 Å². The maximum Gasteiger partial charge on any atom is 0.370 e. The Hall–Kier alpha value is -2.56. The molecule has 0 atom stereocenters. The highest BCUT2D eigenvalue weighted by Crippen LogP contribution is 2.28. The van der Waals surface area contributed by atoms with E-state index in [0.29, 0.717) is 0 Å². The van der Waals surface area contributed by atoms with Crippen LogP contribution in [0.1, 0.15) is 5.69 Å². The number of aromatic nitrogens is 3. The van der Waals surface area contributed by atoms with Crippen LogP contribution in [0, 0.1) is 6.92 Å². The Balaban J connectivity index is 0.000000352. The molecule has 0 aliphatic heterocycles. The number of benzene rings is 1. The number of rotatable bonds is 3. The number of azo groups is 1. The molecule has 0 saturated heterocycles. The van der Waals surface area contributed by atoms with Crippen molar-refractivity contribution in [3.8, 4) is 0 Å². The minimum absolute atomic E-state index is 0.808. The van der Waals surface area contributed by atoms with E-state index in [9.17, 15) is 13.0 Å². The fourth-order valence-electron chi connectivity index (χ4n) is 2.36. The van der Waals surface area contributed by atoms with Crippen molar-refractivity contribution in [2.24, 2.45) is 31.4 Å². The highest BCUT2D eigenvalue weighted by Gasteiger charge is 2.14. The second kappa shape index (κ2) is 7.77. The molecular formula is C16H21N5O4S. The van der Waals surface area contributed by atoms with E-state index in [4.69, 9.17) is 0 Å². The van der Waals surface area contributed by atoms with Gasteiger partial charge in [0.05, 0.1) is 29.5 Å². The molecule has 0 N–H and O–H groups in total. The normalized spacial score (nSPS) is 11.8. The third kappa shape index (κ3) is 4.54. The summed E-state index contributed by atoms with van der Waals surface area (Å²) in [6.07, 6.45) is 2.00. The van der Waals surface area contributed by atoms with Gasteiger partial charge in [0, 0.05) is 25.7 Å². The molecule has 3 rings (SSSR count). The van der Waals surface area contributed by atoms with Crippen molar-refractivity contribution < 1.29 is 21.8 Å². The molecule has 0 spiro atoms. The Morgan fingerprint density at radius 3 is 2.35 bits per heavy atom. The Morgan fingerprint density at radius 1 is 1.19 bits per heavy atom. The molecule has 0 radical (unpaired) electrons. The van der Waals surface area contributed by atoms with Crippen molar-refractivity contribution in [1.82, 2.24) is 9.25 Å². The standard InChI is InChI=1S/C15H18N5.CH4O4S/c1-11-9-15(20(4)19(11)3)17-16-13-10-18(2)14-8-6-5-7-12(13)14;1-5-6(2,3)4/h5-10H,1-4H3;1H3,(H,2,3,4)/q+1;/p-1. The van der Waals surface area contributed by atoms with Gasteiger partial charge in [-0.1, -0.05) is 18.2 Å². The lowest BCUT2D eigenvalue weighted by Gasteiger charge is -1.98. The first-order valence-corrected chi connectivity index (χ1v) is 8.97. The molecule has 1 aromatic carbocycles. The smallest absolute Gasteiger partial charge is 0.370 e. The van der Waals surface area contributed by atoms with Gasteiger partial charge in [-0.15, -0.1) is 0 Å². The Morgan fingerprint density at radius 2 is 1.81 bits per heavy atom. The molecule has 0 amide bonds. The van der Waals surface area contributed by atoms with Gasteiger partial charge in [0.1, 0.15) is 12.7 Å². The van der Waals surface area contributed by atoms with E-state index >= 15 is 0 Å². The molecule has 140 valence electrons. The van der Waals surface area contributed by atoms with E-state index in [-0.39, 0.29) is 0 Å². The van der Waals surface area contributed by atoms with Gasteiger partial charge < -0.3 is 9.12 Å². The third-order valence-corrected chi connectivity index (χ3v) is 4.38. The van der Waals surface area contributed by atoms with E-state index in [1.54, 1.807) is 0 Å². The zero-order valence-corrected chi connectivity index (χ0v) is 16.1. The SMILES string of the molecule is COS(=O)(=O)[O-].Cc1cc(N=Nc2cn(C)c3ccccc23)[n+](C)n1C. The van der Waals surface area contributed by atoms with Crippen LogP contribution in [-0.2, 0) is 35.7 Å². The van der Waals surface area contributed by atoms with Crippen LogP contribution < -0.4 is 4.68 Å². The van der Waals surface area contributed by atoms with Gasteiger partial charge in [-0.05, 0) is 18.1 Å². The maximum absolute atomic E-state index is 9.22. The van der Waals surface area contributed by atoms with Crippen LogP contribution in [0.5, 0.6) is 0 Å². The van der Waals surface area contributed by atoms with E-state index in [2.05, 4.69) is 38.0 Å². The summed E-state index contributed by atoms with van der Waals surface area (Å²) < 4.78 is 37.1. The van der Waals surface area contributed by atoms with Crippen LogP contribution in [0.15, 0.2) is 46.8 Å². The first-order chi connectivity index (χ1) is 12.1. The quantitative estimate of drug-likeness (QED) is 0.301. The molecule has 0 aliphatic carbocycles. The summed E-state index contributed by atoms with van der Waals surface area (Å²) in [6.45, 7) is 2.05. The van der Waals surface area contributed by atoms with Gasteiger partial charge in [0.25, 0.3) is 0 Å². The van der Waals surface area contributed by atoms with Crippen LogP contribution in [0.3, 0.4) is 0 Å². The Labute approximate surface area is 152 Å². The average Bonchev–Trinajstić information content (AvgIpc) is 3.05.